The summed E-state index contributed by atoms with van der Waals surface area (Å²) in [5, 5.41) is 9.84. The Labute approximate surface area is 178 Å². The lowest BCUT2D eigenvalue weighted by molar-refractivity contribution is 0.0948. The fraction of sp³-hybridized carbons (Fsp3) is 0.100. The number of amides is 3. The van der Waals surface area contributed by atoms with Gasteiger partial charge in [-0.05, 0) is 41.3 Å². The molecule has 3 amide bonds. The van der Waals surface area contributed by atoms with E-state index in [0.717, 1.165) is 5.56 Å². The molecule has 0 unspecified atom stereocenters. The van der Waals surface area contributed by atoms with Gasteiger partial charge in [0.25, 0.3) is 17.7 Å². The van der Waals surface area contributed by atoms with Gasteiger partial charge >= 0.3 is 0 Å². The number of carbonyl (C=O) groups is 3. The van der Waals surface area contributed by atoms with Gasteiger partial charge in [-0.3, -0.25) is 14.4 Å². The summed E-state index contributed by atoms with van der Waals surface area (Å²) in [6.07, 6.45) is 0. The molecule has 0 fully saturated rings. The smallest absolute Gasteiger partial charge is 0.269 e. The maximum Gasteiger partial charge on any atom is 0.269 e. The van der Waals surface area contributed by atoms with E-state index in [2.05, 4.69) is 20.9 Å². The monoisotopic (exact) mass is 430 g/mol. The zero-order valence-electron chi connectivity index (χ0n) is 15.5. The van der Waals surface area contributed by atoms with Crippen LogP contribution in [0.5, 0.6) is 0 Å². The molecule has 0 aliphatic rings. The van der Waals surface area contributed by atoms with Crippen LogP contribution >= 0.6 is 23.7 Å². The minimum atomic E-state index is -0.337. The topological polar surface area (TPSA) is 100 Å². The molecule has 2 aromatic heterocycles. The Morgan fingerprint density at radius 1 is 0.931 bits per heavy atom. The number of hydrogen-bond donors (Lipinski definition) is 3. The van der Waals surface area contributed by atoms with Crippen LogP contribution in [-0.2, 0) is 6.54 Å². The molecule has 3 aromatic rings. The minimum absolute atomic E-state index is 0. The summed E-state index contributed by atoms with van der Waals surface area (Å²) >= 11 is 1.38. The normalized spacial score (nSPS) is 9.83. The summed E-state index contributed by atoms with van der Waals surface area (Å²) in [7, 11) is 1.51. The predicted molar refractivity (Wildman–Crippen MR) is 115 cm³/mol. The zero-order chi connectivity index (χ0) is 19.9. The number of anilines is 1. The summed E-state index contributed by atoms with van der Waals surface area (Å²) in [6.45, 7) is 0.369. The zero-order valence-corrected chi connectivity index (χ0v) is 17.1. The highest BCUT2D eigenvalue weighted by atomic mass is 35.5. The van der Waals surface area contributed by atoms with Crippen molar-refractivity contribution in [1.29, 1.82) is 0 Å². The predicted octanol–water partition coefficient (Wildman–Crippen LogP) is 3.11. The second-order valence-corrected chi connectivity index (χ2v) is 6.75. The van der Waals surface area contributed by atoms with E-state index in [0.29, 0.717) is 22.8 Å². The molecular formula is C20H19ClN4O3S. The number of carbonyl (C=O) groups excluding carboxylic acids is 3. The van der Waals surface area contributed by atoms with Crippen molar-refractivity contribution in [1.82, 2.24) is 15.6 Å². The van der Waals surface area contributed by atoms with E-state index in [1.165, 1.54) is 18.4 Å². The van der Waals surface area contributed by atoms with Crippen LogP contribution in [0.15, 0.2) is 60.0 Å². The number of nitrogens with zero attached hydrogens (tertiary/aromatic N) is 1. The van der Waals surface area contributed by atoms with Gasteiger partial charge in [0.1, 0.15) is 11.5 Å². The molecule has 29 heavy (non-hydrogen) atoms. The van der Waals surface area contributed by atoms with Crippen molar-refractivity contribution < 1.29 is 14.4 Å². The van der Waals surface area contributed by atoms with Gasteiger partial charge in [0.15, 0.2) is 0 Å². The molecule has 3 N–H and O–H groups in total. The van der Waals surface area contributed by atoms with E-state index < -0.39 is 0 Å². The Morgan fingerprint density at radius 3 is 2.34 bits per heavy atom. The Balaban J connectivity index is 0.00000300. The number of aromatic nitrogens is 1. The van der Waals surface area contributed by atoms with Gasteiger partial charge in [-0.25, -0.2) is 4.98 Å². The van der Waals surface area contributed by atoms with Gasteiger partial charge in [0.2, 0.25) is 0 Å². The molecule has 7 nitrogen and oxygen atoms in total. The van der Waals surface area contributed by atoms with Crippen LogP contribution < -0.4 is 16.0 Å². The van der Waals surface area contributed by atoms with Crippen molar-refractivity contribution in [2.45, 2.75) is 6.54 Å². The van der Waals surface area contributed by atoms with Crippen LogP contribution in [0.4, 0.5) is 5.82 Å². The second kappa shape index (κ2) is 10.4. The maximum absolute atomic E-state index is 12.4. The molecule has 0 spiro atoms. The first-order valence-electron chi connectivity index (χ1n) is 8.48. The number of thiophene rings is 1. The number of rotatable bonds is 6. The third-order valence-electron chi connectivity index (χ3n) is 3.86. The van der Waals surface area contributed by atoms with Gasteiger partial charge in [-0.2, -0.15) is 0 Å². The Kier molecular flexibility index (Phi) is 7.88. The van der Waals surface area contributed by atoms with Crippen molar-refractivity contribution in [3.8, 4) is 0 Å². The van der Waals surface area contributed by atoms with Gasteiger partial charge in [0, 0.05) is 19.2 Å². The third kappa shape index (κ3) is 5.87. The Bertz CT molecular complexity index is 991. The molecule has 9 heteroatoms. The molecule has 2 heterocycles. The van der Waals surface area contributed by atoms with Crippen LogP contribution in [0.25, 0.3) is 0 Å². The number of hydrogen-bond acceptors (Lipinski definition) is 5. The van der Waals surface area contributed by atoms with Crippen LogP contribution in [0.1, 0.15) is 36.1 Å². The van der Waals surface area contributed by atoms with Crippen LogP contribution in [0.2, 0.25) is 0 Å². The molecule has 0 atom stereocenters. The number of pyridine rings is 1. The highest BCUT2D eigenvalue weighted by molar-refractivity contribution is 7.12. The SMILES string of the molecule is CNC(=O)c1cccc(NC(=O)c2ccc(CNC(=O)c3cccs3)cc2)n1.Cl. The average molecular weight is 431 g/mol. The molecule has 0 saturated heterocycles. The van der Waals surface area contributed by atoms with E-state index in [1.54, 1.807) is 48.5 Å². The van der Waals surface area contributed by atoms with Crippen molar-refractivity contribution in [2.24, 2.45) is 0 Å². The summed E-state index contributed by atoms with van der Waals surface area (Å²) in [5.74, 6) is -0.502. The fourth-order valence-electron chi connectivity index (χ4n) is 2.40. The third-order valence-corrected chi connectivity index (χ3v) is 4.73. The first-order valence-corrected chi connectivity index (χ1v) is 9.36. The molecule has 0 radical (unpaired) electrons. The molecule has 3 rings (SSSR count). The van der Waals surface area contributed by atoms with Crippen LogP contribution in [0, 0.1) is 0 Å². The summed E-state index contributed by atoms with van der Waals surface area (Å²) in [5.41, 5.74) is 1.54. The molecule has 0 aliphatic carbocycles. The Hall–Kier alpha value is -3.23. The van der Waals surface area contributed by atoms with Crippen molar-refractivity contribution >= 4 is 47.3 Å². The first kappa shape index (κ1) is 22.1. The average Bonchev–Trinajstić information content (AvgIpc) is 3.27. The first-order chi connectivity index (χ1) is 13.6. The minimum Gasteiger partial charge on any atom is -0.354 e. The lowest BCUT2D eigenvalue weighted by atomic mass is 10.1. The highest BCUT2D eigenvalue weighted by Gasteiger charge is 2.10. The second-order valence-electron chi connectivity index (χ2n) is 5.80. The molecule has 0 saturated carbocycles. The van der Waals surface area contributed by atoms with Gasteiger partial charge in [-0.15, -0.1) is 23.7 Å². The lowest BCUT2D eigenvalue weighted by Crippen LogP contribution is -2.22. The van der Waals surface area contributed by atoms with Crippen molar-refractivity contribution in [2.75, 3.05) is 12.4 Å². The highest BCUT2D eigenvalue weighted by Crippen LogP contribution is 2.11. The molecule has 1 aromatic carbocycles. The van der Waals surface area contributed by atoms with Gasteiger partial charge < -0.3 is 16.0 Å². The van der Waals surface area contributed by atoms with Crippen LogP contribution in [0.3, 0.4) is 0 Å². The lowest BCUT2D eigenvalue weighted by Gasteiger charge is -2.08. The van der Waals surface area contributed by atoms with E-state index in [1.807, 2.05) is 11.4 Å². The standard InChI is InChI=1S/C20H18N4O3S.ClH/c1-21-19(26)15-4-2-6-17(23-15)24-18(25)14-9-7-13(8-10-14)12-22-20(27)16-5-3-11-28-16;/h2-11H,12H2,1H3,(H,21,26)(H,22,27)(H,23,24,25);1H. The largest absolute Gasteiger partial charge is 0.354 e. The molecular weight excluding hydrogens is 412 g/mol. The number of halogens is 1. The van der Waals surface area contributed by atoms with E-state index >= 15 is 0 Å². The van der Waals surface area contributed by atoms with Crippen LogP contribution in [-0.4, -0.2) is 29.8 Å². The van der Waals surface area contributed by atoms with Gasteiger partial charge in [-0.1, -0.05) is 24.3 Å². The number of benzene rings is 1. The fourth-order valence-corrected chi connectivity index (χ4v) is 3.04. The Morgan fingerprint density at radius 2 is 1.69 bits per heavy atom. The molecule has 0 bridgehead atoms. The number of nitrogens with one attached hydrogen (secondary N) is 3. The molecule has 150 valence electrons. The quantitative estimate of drug-likeness (QED) is 0.559. The van der Waals surface area contributed by atoms with Gasteiger partial charge in [0.05, 0.1) is 4.88 Å². The van der Waals surface area contributed by atoms with E-state index in [9.17, 15) is 14.4 Å². The summed E-state index contributed by atoms with van der Waals surface area (Å²) in [4.78, 5) is 40.7. The van der Waals surface area contributed by atoms with E-state index in [4.69, 9.17) is 0 Å². The summed E-state index contributed by atoms with van der Waals surface area (Å²) < 4.78 is 0. The van der Waals surface area contributed by atoms with E-state index in [-0.39, 0.29) is 35.8 Å². The molecule has 0 aliphatic heterocycles. The maximum atomic E-state index is 12.4. The van der Waals surface area contributed by atoms with Crippen molar-refractivity contribution in [3.63, 3.8) is 0 Å². The van der Waals surface area contributed by atoms with Crippen molar-refractivity contribution in [3.05, 3.63) is 81.7 Å². The summed E-state index contributed by atoms with van der Waals surface area (Å²) in [6, 6.07) is 15.3.